The second kappa shape index (κ2) is 43.9. The zero-order valence-corrected chi connectivity index (χ0v) is 56.5. The van der Waals surface area contributed by atoms with Crippen LogP contribution in [-0.4, -0.2) is 120 Å². The van der Waals surface area contributed by atoms with Gasteiger partial charge in [0.1, 0.15) is 33.6 Å². The number of likely N-dealkylation sites (tertiary alicyclic amines) is 2. The summed E-state index contributed by atoms with van der Waals surface area (Å²) in [6, 6.07) is 50.4. The highest BCUT2D eigenvalue weighted by Crippen LogP contribution is 2.45. The molecule has 2 aliphatic heterocycles. The minimum Gasteiger partial charge on any atom is -0.363 e. The molecule has 78 heavy (non-hydrogen) atoms. The van der Waals surface area contributed by atoms with Gasteiger partial charge in [-0.25, -0.2) is 0 Å². The molecule has 0 saturated carbocycles. The first kappa shape index (κ1) is 59.5. The molecular formula is C56H75N6OPS14. The largest absolute Gasteiger partial charge is 0.363 e. The molecule has 7 nitrogen and oxygen atoms in total. The zero-order chi connectivity index (χ0) is 64.8. The van der Waals surface area contributed by atoms with Crippen molar-refractivity contribution in [3.05, 3.63) is 179 Å². The van der Waals surface area contributed by atoms with Gasteiger partial charge in [0.25, 0.3) is 0 Å². The number of hydrogen-bond acceptors (Lipinski definition) is 15. The highest BCUT2D eigenvalue weighted by atomic mass is 33.7. The molecule has 2 fully saturated rings. The van der Waals surface area contributed by atoms with Crippen molar-refractivity contribution in [1.29, 1.82) is 3.84 Å². The van der Waals surface area contributed by atoms with E-state index in [1.54, 1.807) is 87.1 Å². The van der Waals surface area contributed by atoms with Gasteiger partial charge in [0, 0.05) is 93.2 Å². The van der Waals surface area contributed by atoms with E-state index in [-0.39, 0.29) is 0 Å². The molecule has 0 radical (unpaired) electrons. The van der Waals surface area contributed by atoms with Crippen LogP contribution in [0.2, 0.25) is 0 Å². The van der Waals surface area contributed by atoms with E-state index in [0.29, 0.717) is 5.56 Å². The third-order valence-electron chi connectivity index (χ3n) is 10.8. The normalized spacial score (nSPS) is 13.6. The molecule has 0 aliphatic carbocycles. The smallest absolute Gasteiger partial charge is 0.150 e. The van der Waals surface area contributed by atoms with Gasteiger partial charge in [-0.2, -0.15) is 9.73 Å². The number of aldehydes is 1. The van der Waals surface area contributed by atoms with E-state index >= 15 is 0 Å². The lowest BCUT2D eigenvalue weighted by Gasteiger charge is -2.28. The Bertz CT molecular complexity index is 2430. The molecule has 7 rings (SSSR count). The number of nitrogens with zero attached hydrogens (tertiary/aromatic N) is 6. The predicted octanol–water partition coefficient (Wildman–Crippen LogP) is 18.0. The van der Waals surface area contributed by atoms with Crippen molar-refractivity contribution in [3.8, 4) is 0 Å². The van der Waals surface area contributed by atoms with Crippen LogP contribution in [0.5, 0.6) is 0 Å². The average molecular weight is 1340 g/mol. The average Bonchev–Trinajstić information content (AvgIpc) is 3.74. The molecule has 2 aliphatic rings. The van der Waals surface area contributed by atoms with Crippen LogP contribution in [0.1, 0.15) is 86.9 Å². The highest BCUT2D eigenvalue weighted by Gasteiger charge is 2.19. The number of thiocarbonyl (C=S) groups is 6. The molecule has 0 atom stereocenters. The summed E-state index contributed by atoms with van der Waals surface area (Å²) < 4.78 is 57.8. The monoisotopic (exact) mass is 1340 g/mol. The molecule has 5 aromatic rings. The standard InChI is InChI=1S/C30H28N2S4.C12H20N2S6.C7H6O.C6H12N2S4.CH4.H3P.H2/c33-29(31(21-25-13-5-1-6-14-25)22-26-15-7-2-8-16-26)35-36-30(34)32(23-27-17-9-3-10-18-27)24-28-19-11-4-12-20-28;15-11(13-7-3-1-4-8-13)17-19-20-18-12(16)14-9-5-2-6-10-14;8-6-7-4-2-1-3-5-7;1-7(2)5(9)11-12-6(10)8(3)4;;;/h1-20H,21-24H2;1-10H2;1-6H;1-4H3;1H4;1H3;1H/i;;6T;;2*1T2D;1+2D. The van der Waals surface area contributed by atoms with Crippen LogP contribution in [0.15, 0.2) is 152 Å². The predicted molar refractivity (Wildman–Crippen MR) is 391 cm³/mol. The maximum atomic E-state index is 10.3. The molecule has 0 amide bonds. The van der Waals surface area contributed by atoms with E-state index in [4.69, 9.17) is 85.6 Å². The lowest BCUT2D eigenvalue weighted by molar-refractivity contribution is 0.112. The first-order chi connectivity index (χ1) is 41.7. The van der Waals surface area contributed by atoms with E-state index in [9.17, 15) is 4.79 Å². The maximum absolute atomic E-state index is 10.3. The molecule has 0 spiro atoms. The molecule has 22 heteroatoms. The molecule has 0 bridgehead atoms. The van der Waals surface area contributed by atoms with Gasteiger partial charge in [0.15, 0.2) is 0 Å². The van der Waals surface area contributed by atoms with E-state index in [1.165, 1.54) is 82.4 Å². The van der Waals surface area contributed by atoms with Gasteiger partial charge in [-0.15, -0.1) is 0 Å². The van der Waals surface area contributed by atoms with Crippen LogP contribution >= 0.6 is 167 Å². The second-order valence-electron chi connectivity index (χ2n) is 17.2. The second-order valence-corrected chi connectivity index (χ2v) is 31.0. The number of hydrogen-bond donors (Lipinski definition) is 0. The van der Waals surface area contributed by atoms with Gasteiger partial charge >= 0.3 is 0 Å². The van der Waals surface area contributed by atoms with Crippen molar-refractivity contribution in [2.45, 2.75) is 72.1 Å². The van der Waals surface area contributed by atoms with Crippen LogP contribution in [0.4, 0.5) is 0 Å². The number of rotatable bonds is 12. The van der Waals surface area contributed by atoms with Gasteiger partial charge in [-0.1, -0.05) is 232 Å². The fourth-order valence-corrected chi connectivity index (χ4v) is 18.6. The van der Waals surface area contributed by atoms with Crippen LogP contribution in [-0.2, 0) is 26.2 Å². The molecule has 0 N–H and O–H groups in total. The molecule has 5 aromatic carbocycles. The molecule has 2 heterocycles. The van der Waals surface area contributed by atoms with E-state index in [0.717, 1.165) is 78.3 Å². The van der Waals surface area contributed by atoms with Crippen molar-refractivity contribution < 1.29 is 13.2 Å². The molecular weight excluding hydrogens is 1250 g/mol. The zero-order valence-electron chi connectivity index (χ0n) is 53.2. The third-order valence-corrected chi connectivity index (χ3v) is 26.1. The van der Waals surface area contributed by atoms with Crippen molar-refractivity contribution in [3.63, 3.8) is 0 Å². The third kappa shape index (κ3) is 31.1. The summed E-state index contributed by atoms with van der Waals surface area (Å²) in [5, 5.41) is 0. The molecule has 0 aromatic heterocycles. The van der Waals surface area contributed by atoms with Crippen LogP contribution in [0, 0.1) is 0 Å². The first-order valence-electron chi connectivity index (χ1n) is 28.9. The number of piperidine rings is 2. The van der Waals surface area contributed by atoms with Crippen molar-refractivity contribution in [1.82, 2.24) is 29.4 Å². The highest BCUT2D eigenvalue weighted by molar-refractivity contribution is 9.29. The Hall–Kier alpha value is -1.66. The van der Waals surface area contributed by atoms with Crippen molar-refractivity contribution in [2.75, 3.05) is 54.4 Å². The first-order valence-corrected chi connectivity index (χ1v) is 35.9. The minimum absolute atomic E-state index is 0.442. The number of benzene rings is 5. The molecule has 424 valence electrons. The lowest BCUT2D eigenvalue weighted by Crippen LogP contribution is -2.32. The fraction of sp³-hybridized carbons (Fsp3) is 0.339. The Morgan fingerprint density at radius 2 is 0.821 bits per heavy atom. The summed E-state index contributed by atoms with van der Waals surface area (Å²) >= 11 is 33.0. The van der Waals surface area contributed by atoms with Gasteiger partial charge in [0.05, 0.1) is 3.84 Å². The fourth-order valence-electron chi connectivity index (χ4n) is 6.83. The van der Waals surface area contributed by atoms with E-state index in [1.807, 2.05) is 68.3 Å². The summed E-state index contributed by atoms with van der Waals surface area (Å²) in [6.07, 6.45) is 7.21. The van der Waals surface area contributed by atoms with Crippen LogP contribution < -0.4 is 0 Å². The molecule has 2 saturated heterocycles. The number of carbonyl (C=O) groups is 1. The SMILES string of the molecule is CN(C)C(=S)SSC(=S)N(C)C.S=C(SSC(=S)N(Cc1ccccc1)Cc1ccccc1)N(Cc1ccccc1)Cc1ccccc1.S=C(SSSSC(=S)N1CCCCC1)N1CCCCC1.[2H]C([3H])[3H].[2H]P([3H])[3H].[2H][3H].[3H]C(=O)c1ccccc1. The van der Waals surface area contributed by atoms with Crippen LogP contribution in [0.3, 0.4) is 0 Å². The van der Waals surface area contributed by atoms with E-state index in [2.05, 4.69) is 117 Å². The summed E-state index contributed by atoms with van der Waals surface area (Å²) in [4.78, 5) is 23.3. The Balaban J connectivity index is 0.000000620. The van der Waals surface area contributed by atoms with Gasteiger partial charge in [-0.3, -0.25) is 4.79 Å². The number of carbonyl (C=O) groups excluding carboxylic acids is 1. The van der Waals surface area contributed by atoms with Crippen molar-refractivity contribution >= 4 is 200 Å². The lowest BCUT2D eigenvalue weighted by atomic mass is 10.1. The van der Waals surface area contributed by atoms with Gasteiger partial charge in [-0.05, 0) is 145 Å². The quantitative estimate of drug-likeness (QED) is 0.0391. The summed E-state index contributed by atoms with van der Waals surface area (Å²) in [5.74, 6) is 0. The Labute approximate surface area is 546 Å². The van der Waals surface area contributed by atoms with Crippen LogP contribution in [0.25, 0.3) is 0 Å². The van der Waals surface area contributed by atoms with Crippen molar-refractivity contribution in [2.24, 2.45) is 0 Å². The van der Waals surface area contributed by atoms with E-state index < -0.39 is 23.4 Å². The summed E-state index contributed by atoms with van der Waals surface area (Å²) in [6.45, 7) is 7.57. The Morgan fingerprint density at radius 3 is 1.06 bits per heavy atom. The summed E-state index contributed by atoms with van der Waals surface area (Å²) in [7, 11) is 17.5. The van der Waals surface area contributed by atoms with Gasteiger partial charge in [0.2, 0.25) is 0 Å². The maximum Gasteiger partial charge on any atom is 0.150 e. The molecule has 0 unspecified atom stereocenters. The topological polar surface area (TPSA) is 36.5 Å². The minimum atomic E-state index is -1.87. The Morgan fingerprint density at radius 1 is 0.564 bits per heavy atom. The van der Waals surface area contributed by atoms with Gasteiger partial charge < -0.3 is 29.4 Å². The Kier molecular flexibility index (Phi) is 33.5. The summed E-state index contributed by atoms with van der Waals surface area (Å²) in [5.41, 5.74) is 5.38.